The molecular formula is C16H10ClN3O2. The van der Waals surface area contributed by atoms with Crippen molar-refractivity contribution in [3.8, 4) is 17.1 Å². The number of aromatic nitrogens is 3. The highest BCUT2D eigenvalue weighted by molar-refractivity contribution is 6.30. The van der Waals surface area contributed by atoms with Crippen molar-refractivity contribution < 1.29 is 4.42 Å². The Labute approximate surface area is 130 Å². The van der Waals surface area contributed by atoms with Crippen LogP contribution in [0, 0.1) is 6.92 Å². The number of fused-ring (bicyclic) bond motifs is 3. The second-order valence-corrected chi connectivity index (χ2v) is 5.37. The molecule has 1 aromatic carbocycles. The van der Waals surface area contributed by atoms with Crippen LogP contribution in [0.15, 0.2) is 51.8 Å². The summed E-state index contributed by atoms with van der Waals surface area (Å²) >= 11 is 5.84. The normalized spacial score (nSPS) is 11.4. The van der Waals surface area contributed by atoms with Crippen LogP contribution in [0.3, 0.4) is 0 Å². The minimum atomic E-state index is -0.253. The van der Waals surface area contributed by atoms with Crippen LogP contribution >= 0.6 is 11.6 Å². The fraction of sp³-hybridized carbons (Fsp3) is 0.0625. The van der Waals surface area contributed by atoms with Crippen molar-refractivity contribution in [2.24, 2.45) is 0 Å². The summed E-state index contributed by atoms with van der Waals surface area (Å²) in [4.78, 5) is 16.8. The lowest BCUT2D eigenvalue weighted by Gasteiger charge is -2.04. The predicted molar refractivity (Wildman–Crippen MR) is 83.8 cm³/mol. The van der Waals surface area contributed by atoms with Gasteiger partial charge in [-0.2, -0.15) is 9.78 Å². The van der Waals surface area contributed by atoms with Gasteiger partial charge in [-0.15, -0.1) is 0 Å². The van der Waals surface area contributed by atoms with Crippen LogP contribution < -0.4 is 5.56 Å². The Bertz CT molecular complexity index is 1020. The SMILES string of the molecule is Cc1oc2ccccc2c2nn(-c3ccc(Cl)cn3)c(=O)c1-2. The van der Waals surface area contributed by atoms with E-state index in [1.807, 2.05) is 24.3 Å². The van der Waals surface area contributed by atoms with Gasteiger partial charge in [0, 0.05) is 11.6 Å². The summed E-state index contributed by atoms with van der Waals surface area (Å²) in [7, 11) is 0. The fourth-order valence-electron chi connectivity index (χ4n) is 2.52. The number of hydrogen-bond acceptors (Lipinski definition) is 4. The van der Waals surface area contributed by atoms with Gasteiger partial charge in [-0.25, -0.2) is 4.98 Å². The number of pyridine rings is 1. The fourth-order valence-corrected chi connectivity index (χ4v) is 2.64. The first kappa shape index (κ1) is 13.0. The smallest absolute Gasteiger partial charge is 0.285 e. The third kappa shape index (κ3) is 1.83. The zero-order valence-corrected chi connectivity index (χ0v) is 12.3. The average molecular weight is 312 g/mol. The van der Waals surface area contributed by atoms with Crippen LogP contribution in [0.2, 0.25) is 5.02 Å². The molecule has 0 N–H and O–H groups in total. The molecule has 0 bridgehead atoms. The molecule has 22 heavy (non-hydrogen) atoms. The third-order valence-corrected chi connectivity index (χ3v) is 3.75. The summed E-state index contributed by atoms with van der Waals surface area (Å²) in [5.74, 6) is 0.966. The maximum atomic E-state index is 12.6. The molecule has 2 aliphatic rings. The van der Waals surface area contributed by atoms with Gasteiger partial charge in [0.05, 0.1) is 5.02 Å². The molecule has 0 spiro atoms. The molecule has 0 saturated heterocycles. The molecule has 0 radical (unpaired) electrons. The molecule has 108 valence electrons. The first-order chi connectivity index (χ1) is 10.6. The minimum Gasteiger partial charge on any atom is -0.460 e. The third-order valence-electron chi connectivity index (χ3n) is 3.53. The van der Waals surface area contributed by atoms with Gasteiger partial charge in [0.1, 0.15) is 22.6 Å². The first-order valence-corrected chi connectivity index (χ1v) is 7.06. The van der Waals surface area contributed by atoms with Crippen molar-refractivity contribution in [1.29, 1.82) is 0 Å². The molecule has 6 heteroatoms. The van der Waals surface area contributed by atoms with E-state index in [4.69, 9.17) is 16.0 Å². The number of aryl methyl sites for hydroxylation is 1. The van der Waals surface area contributed by atoms with Crippen LogP contribution in [0.4, 0.5) is 0 Å². The zero-order chi connectivity index (χ0) is 15.3. The molecule has 1 aromatic heterocycles. The monoisotopic (exact) mass is 311 g/mol. The molecule has 0 aliphatic carbocycles. The van der Waals surface area contributed by atoms with Crippen molar-refractivity contribution in [3.05, 3.63) is 63.7 Å². The quantitative estimate of drug-likeness (QED) is 0.540. The van der Waals surface area contributed by atoms with Gasteiger partial charge >= 0.3 is 0 Å². The highest BCUT2D eigenvalue weighted by Crippen LogP contribution is 2.30. The standard InChI is InChI=1S/C16H10ClN3O2/c1-9-14-15(11-4-2-3-5-12(11)22-9)19-20(16(14)21)13-7-6-10(17)8-18-13/h2-8H,1H3. The lowest BCUT2D eigenvalue weighted by atomic mass is 10.1. The van der Waals surface area contributed by atoms with E-state index in [0.29, 0.717) is 33.4 Å². The topological polar surface area (TPSA) is 60.9 Å². The molecule has 0 amide bonds. The van der Waals surface area contributed by atoms with E-state index in [-0.39, 0.29) is 5.56 Å². The molecule has 5 nitrogen and oxygen atoms in total. The van der Waals surface area contributed by atoms with Gasteiger partial charge in [-0.05, 0) is 31.2 Å². The summed E-state index contributed by atoms with van der Waals surface area (Å²) in [6.07, 6.45) is 1.48. The predicted octanol–water partition coefficient (Wildman–Crippen LogP) is 3.44. The lowest BCUT2D eigenvalue weighted by Crippen LogP contribution is -2.16. The van der Waals surface area contributed by atoms with E-state index in [1.165, 1.54) is 10.9 Å². The number of rotatable bonds is 1. The van der Waals surface area contributed by atoms with Crippen molar-refractivity contribution >= 4 is 22.6 Å². The summed E-state index contributed by atoms with van der Waals surface area (Å²) < 4.78 is 7.00. The van der Waals surface area contributed by atoms with E-state index >= 15 is 0 Å². The van der Waals surface area contributed by atoms with Crippen molar-refractivity contribution in [3.63, 3.8) is 0 Å². The van der Waals surface area contributed by atoms with E-state index in [2.05, 4.69) is 10.1 Å². The molecule has 4 rings (SSSR count). The Hall–Kier alpha value is -2.66. The summed E-state index contributed by atoms with van der Waals surface area (Å²) in [5, 5.41) is 5.74. The number of hydrogen-bond donors (Lipinski definition) is 0. The maximum absolute atomic E-state index is 12.6. The lowest BCUT2D eigenvalue weighted by molar-refractivity contribution is 0.567. The van der Waals surface area contributed by atoms with Crippen LogP contribution in [0.1, 0.15) is 5.76 Å². The first-order valence-electron chi connectivity index (χ1n) is 6.68. The van der Waals surface area contributed by atoms with Gasteiger partial charge < -0.3 is 4.42 Å². The number of para-hydroxylation sites is 1. The molecule has 0 saturated carbocycles. The van der Waals surface area contributed by atoms with Crippen LogP contribution in [-0.2, 0) is 0 Å². The Morgan fingerprint density at radius 3 is 2.77 bits per heavy atom. The van der Waals surface area contributed by atoms with Gasteiger partial charge in [0.15, 0.2) is 5.82 Å². The van der Waals surface area contributed by atoms with Gasteiger partial charge in [-0.1, -0.05) is 23.7 Å². The number of benzene rings is 1. The van der Waals surface area contributed by atoms with E-state index in [9.17, 15) is 4.79 Å². The van der Waals surface area contributed by atoms with Crippen molar-refractivity contribution in [2.75, 3.05) is 0 Å². The van der Waals surface area contributed by atoms with Gasteiger partial charge in [0.2, 0.25) is 0 Å². The molecule has 2 aromatic rings. The maximum Gasteiger partial charge on any atom is 0.285 e. The van der Waals surface area contributed by atoms with Crippen LogP contribution in [0.25, 0.3) is 28.0 Å². The van der Waals surface area contributed by atoms with E-state index < -0.39 is 0 Å². The van der Waals surface area contributed by atoms with Crippen molar-refractivity contribution in [1.82, 2.24) is 14.8 Å². The minimum absolute atomic E-state index is 0.253. The summed E-state index contributed by atoms with van der Waals surface area (Å²) in [5.41, 5.74) is 1.52. The Morgan fingerprint density at radius 1 is 1.18 bits per heavy atom. The van der Waals surface area contributed by atoms with Crippen LogP contribution in [0.5, 0.6) is 0 Å². The number of halogens is 1. The highest BCUT2D eigenvalue weighted by Gasteiger charge is 2.23. The van der Waals surface area contributed by atoms with Crippen LogP contribution in [-0.4, -0.2) is 14.8 Å². The molecule has 0 unspecified atom stereocenters. The molecule has 3 heterocycles. The Morgan fingerprint density at radius 2 is 2.00 bits per heavy atom. The molecule has 2 aliphatic heterocycles. The van der Waals surface area contributed by atoms with Gasteiger partial charge in [-0.3, -0.25) is 4.79 Å². The Kier molecular flexibility index (Phi) is 2.77. The second-order valence-electron chi connectivity index (χ2n) is 4.93. The average Bonchev–Trinajstić information content (AvgIpc) is 2.87. The molecule has 0 atom stereocenters. The molecular weight excluding hydrogens is 302 g/mol. The van der Waals surface area contributed by atoms with E-state index in [0.717, 1.165) is 5.39 Å². The zero-order valence-electron chi connectivity index (χ0n) is 11.6. The molecule has 0 fully saturated rings. The summed E-state index contributed by atoms with van der Waals surface area (Å²) in [6, 6.07) is 10.8. The summed E-state index contributed by atoms with van der Waals surface area (Å²) in [6.45, 7) is 1.76. The second kappa shape index (κ2) is 4.68. The van der Waals surface area contributed by atoms with Gasteiger partial charge in [0.25, 0.3) is 5.56 Å². The van der Waals surface area contributed by atoms with E-state index in [1.54, 1.807) is 19.1 Å². The highest BCUT2D eigenvalue weighted by atomic mass is 35.5. The Balaban J connectivity index is 2.10. The largest absolute Gasteiger partial charge is 0.460 e. The number of nitrogens with zero attached hydrogens (tertiary/aromatic N) is 3. The van der Waals surface area contributed by atoms with Crippen molar-refractivity contribution in [2.45, 2.75) is 6.92 Å².